The summed E-state index contributed by atoms with van der Waals surface area (Å²) in [6.07, 6.45) is -0.486. The first kappa shape index (κ1) is 28.6. The lowest BCUT2D eigenvalue weighted by Crippen LogP contribution is -2.36. The van der Waals surface area contributed by atoms with Crippen molar-refractivity contribution in [3.8, 4) is 22.6 Å². The van der Waals surface area contributed by atoms with Gasteiger partial charge in [-0.15, -0.1) is 0 Å². The Morgan fingerprint density at radius 3 is 2.17 bits per heavy atom. The van der Waals surface area contributed by atoms with Crippen LogP contribution >= 0.6 is 0 Å². The van der Waals surface area contributed by atoms with Crippen molar-refractivity contribution < 1.29 is 33.3 Å². The number of halogens is 2. The molecule has 0 atom stereocenters. The van der Waals surface area contributed by atoms with Gasteiger partial charge in [0, 0.05) is 35.4 Å². The lowest BCUT2D eigenvalue weighted by molar-refractivity contribution is 0.0696. The number of aromatic nitrogens is 1. The summed E-state index contributed by atoms with van der Waals surface area (Å²) >= 11 is 0. The summed E-state index contributed by atoms with van der Waals surface area (Å²) in [5.74, 6) is -2.91. The van der Waals surface area contributed by atoms with Crippen molar-refractivity contribution in [1.82, 2.24) is 9.47 Å². The first-order chi connectivity index (χ1) is 18.9. The van der Waals surface area contributed by atoms with Gasteiger partial charge in [-0.3, -0.25) is 0 Å². The predicted molar refractivity (Wildman–Crippen MR) is 149 cm³/mol. The SMILES string of the molecule is CCN(CC)C(=O)OCC(C)(C)c1c(-c2ccc(C(=O)O)cc2)c2c(O)c(F)ccc2n1-c1ccc(F)c(C)c1. The second-order valence-corrected chi connectivity index (χ2v) is 10.3. The number of phenols is 1. The number of phenolic OH excluding ortho intramolecular Hbond substituents is 1. The maximum absolute atomic E-state index is 14.8. The quantitative estimate of drug-likeness (QED) is 0.245. The van der Waals surface area contributed by atoms with Crippen LogP contribution in [0, 0.1) is 18.6 Å². The molecule has 0 bridgehead atoms. The Kier molecular flexibility index (Phi) is 7.86. The molecular weight excluding hydrogens is 518 g/mol. The molecule has 1 aromatic heterocycles. The van der Waals surface area contributed by atoms with Crippen molar-refractivity contribution in [3.05, 3.63) is 83.1 Å². The van der Waals surface area contributed by atoms with E-state index in [1.165, 1.54) is 24.3 Å². The fourth-order valence-electron chi connectivity index (χ4n) is 4.96. The number of carbonyl (C=O) groups is 2. The molecular formula is C31H32F2N2O5. The molecule has 2 N–H and O–H groups in total. The van der Waals surface area contributed by atoms with Gasteiger partial charge in [-0.25, -0.2) is 18.4 Å². The van der Waals surface area contributed by atoms with Crippen LogP contribution in [-0.4, -0.2) is 51.4 Å². The highest BCUT2D eigenvalue weighted by Crippen LogP contribution is 2.47. The highest BCUT2D eigenvalue weighted by atomic mass is 19.1. The Balaban J connectivity index is 2.06. The van der Waals surface area contributed by atoms with Gasteiger partial charge in [0.25, 0.3) is 0 Å². The number of rotatable bonds is 8. The molecule has 4 rings (SSSR count). The van der Waals surface area contributed by atoms with Gasteiger partial charge >= 0.3 is 12.1 Å². The number of amides is 1. The minimum atomic E-state index is -1.10. The molecule has 4 aromatic rings. The van der Waals surface area contributed by atoms with Gasteiger partial charge < -0.3 is 24.4 Å². The van der Waals surface area contributed by atoms with Crippen LogP contribution in [0.2, 0.25) is 0 Å². The zero-order chi connectivity index (χ0) is 29.4. The van der Waals surface area contributed by atoms with Gasteiger partial charge in [-0.1, -0.05) is 26.0 Å². The first-order valence-corrected chi connectivity index (χ1v) is 13.0. The summed E-state index contributed by atoms with van der Waals surface area (Å²) in [5.41, 5.74) is 2.04. The monoisotopic (exact) mass is 550 g/mol. The van der Waals surface area contributed by atoms with Crippen LogP contribution in [-0.2, 0) is 10.2 Å². The third kappa shape index (κ3) is 5.11. The molecule has 1 amide bonds. The van der Waals surface area contributed by atoms with Crippen molar-refractivity contribution in [2.24, 2.45) is 0 Å². The number of hydrogen-bond acceptors (Lipinski definition) is 4. The van der Waals surface area contributed by atoms with E-state index in [2.05, 4.69) is 0 Å². The van der Waals surface area contributed by atoms with Crippen LogP contribution in [0.1, 0.15) is 49.3 Å². The summed E-state index contributed by atoms with van der Waals surface area (Å²) < 4.78 is 36.7. The molecule has 7 nitrogen and oxygen atoms in total. The molecule has 0 spiro atoms. The van der Waals surface area contributed by atoms with E-state index in [9.17, 15) is 28.6 Å². The van der Waals surface area contributed by atoms with Crippen LogP contribution in [0.4, 0.5) is 13.6 Å². The minimum Gasteiger partial charge on any atom is -0.504 e. The van der Waals surface area contributed by atoms with Gasteiger partial charge in [0.1, 0.15) is 12.4 Å². The lowest BCUT2D eigenvalue weighted by Gasteiger charge is -2.30. The van der Waals surface area contributed by atoms with Crippen molar-refractivity contribution in [2.75, 3.05) is 19.7 Å². The van der Waals surface area contributed by atoms with Crippen LogP contribution in [0.3, 0.4) is 0 Å². The molecule has 1 heterocycles. The number of aryl methyl sites for hydroxylation is 1. The van der Waals surface area contributed by atoms with E-state index < -0.39 is 34.9 Å². The molecule has 0 saturated heterocycles. The second kappa shape index (κ2) is 11.0. The molecule has 9 heteroatoms. The topological polar surface area (TPSA) is 92.0 Å². The lowest BCUT2D eigenvalue weighted by atomic mass is 9.84. The van der Waals surface area contributed by atoms with Crippen LogP contribution in [0.15, 0.2) is 54.6 Å². The summed E-state index contributed by atoms with van der Waals surface area (Å²) in [6, 6.07) is 13.3. The Labute approximate surface area is 231 Å². The molecule has 210 valence electrons. The van der Waals surface area contributed by atoms with E-state index in [0.29, 0.717) is 46.7 Å². The number of nitrogens with zero attached hydrogens (tertiary/aromatic N) is 2. The van der Waals surface area contributed by atoms with E-state index >= 15 is 0 Å². The molecule has 40 heavy (non-hydrogen) atoms. The maximum Gasteiger partial charge on any atom is 0.409 e. The van der Waals surface area contributed by atoms with E-state index in [1.807, 2.05) is 27.7 Å². The molecule has 0 aliphatic heterocycles. The smallest absolute Gasteiger partial charge is 0.409 e. The number of fused-ring (bicyclic) bond motifs is 1. The number of carboxylic acid groups (broad SMARTS) is 1. The standard InChI is InChI=1S/C31H32F2N2O5/c1-6-34(7-2)30(39)40-17-31(4,5)28-25(19-8-10-20(11-9-19)29(37)38)26-24(15-14-23(33)27(26)36)35(28)21-12-13-22(32)18(3)16-21/h8-16,36H,6-7,17H2,1-5H3,(H,37,38). The largest absolute Gasteiger partial charge is 0.504 e. The normalized spacial score (nSPS) is 11.6. The fourth-order valence-corrected chi connectivity index (χ4v) is 4.96. The highest BCUT2D eigenvalue weighted by molar-refractivity contribution is 6.04. The van der Waals surface area contributed by atoms with Crippen LogP contribution in [0.5, 0.6) is 5.75 Å². The molecule has 0 aliphatic carbocycles. The average molecular weight is 551 g/mol. The van der Waals surface area contributed by atoms with Crippen molar-refractivity contribution in [3.63, 3.8) is 0 Å². The van der Waals surface area contributed by atoms with Crippen molar-refractivity contribution in [1.29, 1.82) is 0 Å². The van der Waals surface area contributed by atoms with Gasteiger partial charge in [-0.05, 0) is 74.4 Å². The Hall–Kier alpha value is -4.40. The van der Waals surface area contributed by atoms with Gasteiger partial charge in [-0.2, -0.15) is 0 Å². The first-order valence-electron chi connectivity index (χ1n) is 13.0. The number of carboxylic acids is 1. The van der Waals surface area contributed by atoms with Gasteiger partial charge in [0.15, 0.2) is 11.6 Å². The zero-order valence-corrected chi connectivity index (χ0v) is 23.1. The van der Waals surface area contributed by atoms with Crippen molar-refractivity contribution >= 4 is 23.0 Å². The van der Waals surface area contributed by atoms with Crippen molar-refractivity contribution in [2.45, 2.75) is 40.0 Å². The molecule has 0 unspecified atom stereocenters. The molecule has 0 radical (unpaired) electrons. The van der Waals surface area contributed by atoms with Crippen LogP contribution in [0.25, 0.3) is 27.7 Å². The number of aromatic hydroxyl groups is 1. The number of hydrogen-bond donors (Lipinski definition) is 2. The number of aromatic carboxylic acids is 1. The number of benzene rings is 3. The van der Waals surface area contributed by atoms with Crippen LogP contribution < -0.4 is 0 Å². The Morgan fingerprint density at radius 2 is 1.60 bits per heavy atom. The second-order valence-electron chi connectivity index (χ2n) is 10.3. The van der Waals surface area contributed by atoms with E-state index in [-0.39, 0.29) is 17.6 Å². The summed E-state index contributed by atoms with van der Waals surface area (Å²) in [4.78, 5) is 25.8. The molecule has 3 aromatic carbocycles. The summed E-state index contributed by atoms with van der Waals surface area (Å²) in [5, 5.41) is 20.6. The number of carbonyl (C=O) groups excluding carboxylic acids is 1. The molecule has 0 fully saturated rings. The Bertz CT molecular complexity index is 1590. The van der Waals surface area contributed by atoms with E-state index in [4.69, 9.17) is 4.74 Å². The number of ether oxygens (including phenoxy) is 1. The summed E-state index contributed by atoms with van der Waals surface area (Å²) in [6.45, 7) is 9.91. The van der Waals surface area contributed by atoms with Gasteiger partial charge in [0.2, 0.25) is 0 Å². The van der Waals surface area contributed by atoms with Gasteiger partial charge in [0.05, 0.1) is 16.5 Å². The molecule has 0 aliphatic rings. The molecule has 0 saturated carbocycles. The third-order valence-corrected chi connectivity index (χ3v) is 7.10. The third-order valence-electron chi connectivity index (χ3n) is 7.10. The highest BCUT2D eigenvalue weighted by Gasteiger charge is 2.35. The van der Waals surface area contributed by atoms with E-state index in [0.717, 1.165) is 6.07 Å². The minimum absolute atomic E-state index is 0.0611. The summed E-state index contributed by atoms with van der Waals surface area (Å²) in [7, 11) is 0. The zero-order valence-electron chi connectivity index (χ0n) is 23.1. The Morgan fingerprint density at radius 1 is 0.975 bits per heavy atom. The fraction of sp³-hybridized carbons (Fsp3) is 0.290. The average Bonchev–Trinajstić information content (AvgIpc) is 3.28. The van der Waals surface area contributed by atoms with E-state index in [1.54, 1.807) is 40.7 Å². The predicted octanol–water partition coefficient (Wildman–Crippen LogP) is 7.04. The maximum atomic E-state index is 14.8.